The molecule has 1 aromatic heterocycles. The Kier molecular flexibility index (Phi) is 6.44. The number of anilines is 1. The second kappa shape index (κ2) is 9.20. The molecule has 0 aliphatic carbocycles. The molecule has 2 aromatic rings. The number of carboxylic acid groups (broad SMARTS) is 1. The number of carboxylic acids is 1. The van der Waals surface area contributed by atoms with E-state index in [1.807, 2.05) is 42.5 Å². The van der Waals surface area contributed by atoms with E-state index >= 15 is 0 Å². The standard InChI is InChI=1S/C20H25N3O3/c24-20(25)19(7-4-16-26-18-5-2-1-3-6-18)23-14-12-22(13-15-23)17-8-10-21-11-9-17/h1-3,5-6,8-11,19H,4,7,12-16H2,(H,24,25). The SMILES string of the molecule is O=C(O)C(CCCOc1ccccc1)N1CCN(c2ccncc2)CC1. The highest BCUT2D eigenvalue weighted by Gasteiger charge is 2.28. The first kappa shape index (κ1) is 18.2. The zero-order valence-corrected chi connectivity index (χ0v) is 14.8. The predicted molar refractivity (Wildman–Crippen MR) is 101 cm³/mol. The molecule has 1 N–H and O–H groups in total. The number of rotatable bonds is 8. The van der Waals surface area contributed by atoms with Gasteiger partial charge in [0.15, 0.2) is 0 Å². The number of para-hydroxylation sites is 1. The fraction of sp³-hybridized carbons (Fsp3) is 0.400. The molecule has 6 nitrogen and oxygen atoms in total. The lowest BCUT2D eigenvalue weighted by Gasteiger charge is -2.38. The van der Waals surface area contributed by atoms with Gasteiger partial charge in [-0.25, -0.2) is 0 Å². The number of hydrogen-bond acceptors (Lipinski definition) is 5. The van der Waals surface area contributed by atoms with E-state index in [1.54, 1.807) is 12.4 Å². The largest absolute Gasteiger partial charge is 0.494 e. The van der Waals surface area contributed by atoms with Crippen molar-refractivity contribution in [1.29, 1.82) is 0 Å². The van der Waals surface area contributed by atoms with Crippen LogP contribution in [0.2, 0.25) is 0 Å². The van der Waals surface area contributed by atoms with Gasteiger partial charge in [-0.3, -0.25) is 14.7 Å². The van der Waals surface area contributed by atoms with Crippen LogP contribution in [-0.2, 0) is 4.79 Å². The Hall–Kier alpha value is -2.60. The van der Waals surface area contributed by atoms with Gasteiger partial charge in [0.1, 0.15) is 11.8 Å². The predicted octanol–water partition coefficient (Wildman–Crippen LogP) is 2.52. The molecule has 0 radical (unpaired) electrons. The normalized spacial score (nSPS) is 16.2. The van der Waals surface area contributed by atoms with Gasteiger partial charge >= 0.3 is 5.97 Å². The summed E-state index contributed by atoms with van der Waals surface area (Å²) in [6.07, 6.45) is 4.89. The summed E-state index contributed by atoms with van der Waals surface area (Å²) in [5, 5.41) is 9.62. The molecule has 0 spiro atoms. The Balaban J connectivity index is 1.45. The molecular formula is C20H25N3O3. The molecule has 1 unspecified atom stereocenters. The van der Waals surface area contributed by atoms with Gasteiger partial charge in [0.2, 0.25) is 0 Å². The van der Waals surface area contributed by atoms with Crippen LogP contribution in [0.25, 0.3) is 0 Å². The van der Waals surface area contributed by atoms with E-state index in [9.17, 15) is 9.90 Å². The van der Waals surface area contributed by atoms with Gasteiger partial charge in [-0.05, 0) is 37.1 Å². The minimum absolute atomic E-state index is 0.450. The Morgan fingerprint density at radius 2 is 1.77 bits per heavy atom. The highest BCUT2D eigenvalue weighted by Crippen LogP contribution is 2.18. The lowest BCUT2D eigenvalue weighted by Crippen LogP contribution is -2.52. The number of pyridine rings is 1. The van der Waals surface area contributed by atoms with E-state index in [0.717, 1.165) is 44.0 Å². The van der Waals surface area contributed by atoms with Crippen molar-refractivity contribution in [2.75, 3.05) is 37.7 Å². The summed E-state index contributed by atoms with van der Waals surface area (Å²) in [6, 6.07) is 13.2. The highest BCUT2D eigenvalue weighted by molar-refractivity contribution is 5.73. The van der Waals surface area contributed by atoms with E-state index in [4.69, 9.17) is 4.74 Å². The molecule has 0 amide bonds. The van der Waals surface area contributed by atoms with Crippen molar-refractivity contribution in [3.63, 3.8) is 0 Å². The van der Waals surface area contributed by atoms with Gasteiger partial charge < -0.3 is 14.7 Å². The first-order valence-electron chi connectivity index (χ1n) is 9.04. The van der Waals surface area contributed by atoms with Crippen LogP contribution >= 0.6 is 0 Å². The fourth-order valence-corrected chi connectivity index (χ4v) is 3.29. The van der Waals surface area contributed by atoms with Crippen molar-refractivity contribution in [3.8, 4) is 5.75 Å². The monoisotopic (exact) mass is 355 g/mol. The van der Waals surface area contributed by atoms with Crippen molar-refractivity contribution in [2.45, 2.75) is 18.9 Å². The summed E-state index contributed by atoms with van der Waals surface area (Å²) in [7, 11) is 0. The third-order valence-corrected chi connectivity index (χ3v) is 4.70. The molecular weight excluding hydrogens is 330 g/mol. The number of piperazine rings is 1. The van der Waals surface area contributed by atoms with Gasteiger partial charge in [-0.2, -0.15) is 0 Å². The molecule has 1 aromatic carbocycles. The van der Waals surface area contributed by atoms with Crippen molar-refractivity contribution >= 4 is 11.7 Å². The van der Waals surface area contributed by atoms with Gasteiger partial charge in [0, 0.05) is 44.3 Å². The summed E-state index contributed by atoms with van der Waals surface area (Å²) >= 11 is 0. The number of nitrogens with zero attached hydrogens (tertiary/aromatic N) is 3. The second-order valence-corrected chi connectivity index (χ2v) is 6.39. The smallest absolute Gasteiger partial charge is 0.320 e. The molecule has 2 heterocycles. The molecule has 1 aliphatic heterocycles. The third-order valence-electron chi connectivity index (χ3n) is 4.70. The summed E-state index contributed by atoms with van der Waals surface area (Å²) < 4.78 is 5.67. The van der Waals surface area contributed by atoms with E-state index in [-0.39, 0.29) is 0 Å². The zero-order valence-electron chi connectivity index (χ0n) is 14.8. The molecule has 1 atom stereocenters. The molecule has 1 fully saturated rings. The minimum atomic E-state index is -0.748. The zero-order chi connectivity index (χ0) is 18.2. The maximum Gasteiger partial charge on any atom is 0.320 e. The van der Waals surface area contributed by atoms with Gasteiger partial charge in [0.05, 0.1) is 6.61 Å². The van der Waals surface area contributed by atoms with Gasteiger partial charge in [-0.15, -0.1) is 0 Å². The Morgan fingerprint density at radius 3 is 2.42 bits per heavy atom. The van der Waals surface area contributed by atoms with Crippen LogP contribution in [0.5, 0.6) is 5.75 Å². The van der Waals surface area contributed by atoms with E-state index < -0.39 is 12.0 Å². The number of ether oxygens (including phenoxy) is 1. The molecule has 26 heavy (non-hydrogen) atoms. The van der Waals surface area contributed by atoms with Crippen LogP contribution in [0.4, 0.5) is 5.69 Å². The molecule has 0 bridgehead atoms. The highest BCUT2D eigenvalue weighted by atomic mass is 16.5. The first-order valence-corrected chi connectivity index (χ1v) is 9.04. The number of aromatic nitrogens is 1. The summed E-state index contributed by atoms with van der Waals surface area (Å²) in [4.78, 5) is 20.1. The second-order valence-electron chi connectivity index (χ2n) is 6.39. The van der Waals surface area contributed by atoms with Crippen LogP contribution < -0.4 is 9.64 Å². The Bertz CT molecular complexity index is 673. The summed E-state index contributed by atoms with van der Waals surface area (Å²) in [5.74, 6) is 0.0763. The van der Waals surface area contributed by atoms with Crippen molar-refractivity contribution in [2.24, 2.45) is 0 Å². The fourth-order valence-electron chi connectivity index (χ4n) is 3.29. The quantitative estimate of drug-likeness (QED) is 0.734. The Labute approximate surface area is 154 Å². The van der Waals surface area contributed by atoms with E-state index in [2.05, 4.69) is 14.8 Å². The molecule has 6 heteroatoms. The van der Waals surface area contributed by atoms with Crippen LogP contribution in [0.15, 0.2) is 54.9 Å². The number of aliphatic carboxylic acids is 1. The number of hydrogen-bond donors (Lipinski definition) is 1. The maximum atomic E-state index is 11.7. The van der Waals surface area contributed by atoms with Gasteiger partial charge in [0.25, 0.3) is 0 Å². The number of carbonyl (C=O) groups is 1. The van der Waals surface area contributed by atoms with Gasteiger partial charge in [-0.1, -0.05) is 18.2 Å². The maximum absolute atomic E-state index is 11.7. The Morgan fingerprint density at radius 1 is 1.08 bits per heavy atom. The summed E-state index contributed by atoms with van der Waals surface area (Å²) in [5.41, 5.74) is 1.14. The van der Waals surface area contributed by atoms with Crippen LogP contribution in [0, 0.1) is 0 Å². The lowest BCUT2D eigenvalue weighted by atomic mass is 10.1. The minimum Gasteiger partial charge on any atom is -0.494 e. The van der Waals surface area contributed by atoms with E-state index in [1.165, 1.54) is 0 Å². The third kappa shape index (κ3) is 4.95. The van der Waals surface area contributed by atoms with Crippen molar-refractivity contribution in [3.05, 3.63) is 54.9 Å². The number of benzene rings is 1. The molecule has 3 rings (SSSR count). The average Bonchev–Trinajstić information content (AvgIpc) is 2.69. The molecule has 1 saturated heterocycles. The lowest BCUT2D eigenvalue weighted by molar-refractivity contribution is -0.143. The summed E-state index contributed by atoms with van der Waals surface area (Å²) in [6.45, 7) is 3.69. The van der Waals surface area contributed by atoms with Crippen LogP contribution in [-0.4, -0.2) is 59.8 Å². The van der Waals surface area contributed by atoms with Crippen LogP contribution in [0.1, 0.15) is 12.8 Å². The average molecular weight is 355 g/mol. The molecule has 138 valence electrons. The molecule has 0 saturated carbocycles. The topological polar surface area (TPSA) is 65.9 Å². The first-order chi connectivity index (χ1) is 12.7. The van der Waals surface area contributed by atoms with E-state index in [0.29, 0.717) is 13.0 Å². The van der Waals surface area contributed by atoms with Crippen molar-refractivity contribution < 1.29 is 14.6 Å². The van der Waals surface area contributed by atoms with Crippen LogP contribution in [0.3, 0.4) is 0 Å². The molecule has 1 aliphatic rings. The van der Waals surface area contributed by atoms with Crippen molar-refractivity contribution in [1.82, 2.24) is 9.88 Å².